The van der Waals surface area contributed by atoms with E-state index < -0.39 is 0 Å². The molecule has 1 unspecified atom stereocenters. The van der Waals surface area contributed by atoms with E-state index >= 15 is 0 Å². The third kappa shape index (κ3) is 2.09. The van der Waals surface area contributed by atoms with Crippen molar-refractivity contribution in [1.82, 2.24) is 0 Å². The van der Waals surface area contributed by atoms with Gasteiger partial charge >= 0.3 is 0 Å². The number of carbonyl (C=O) groups excluding carboxylic acids is 1. The van der Waals surface area contributed by atoms with Crippen LogP contribution in [0, 0.1) is 17.3 Å². The van der Waals surface area contributed by atoms with Crippen LogP contribution in [0.25, 0.3) is 0 Å². The summed E-state index contributed by atoms with van der Waals surface area (Å²) >= 11 is 0. The molecule has 0 spiro atoms. The topological polar surface area (TPSA) is 17.1 Å². The van der Waals surface area contributed by atoms with E-state index in [0.717, 1.165) is 12.8 Å². The van der Waals surface area contributed by atoms with Crippen LogP contribution in [0.4, 0.5) is 0 Å². The second kappa shape index (κ2) is 3.20. The standard InChI is InChI=1S/C11H20O/c1-8(2)9-5-6-11(3,4)7-10(9)12/h8-9H,5-7H2,1-4H3. The van der Waals surface area contributed by atoms with Gasteiger partial charge in [0.25, 0.3) is 0 Å². The molecule has 1 saturated carbocycles. The number of hydrogen-bond acceptors (Lipinski definition) is 1. The van der Waals surface area contributed by atoms with Gasteiger partial charge in [-0.2, -0.15) is 0 Å². The summed E-state index contributed by atoms with van der Waals surface area (Å²) in [5, 5.41) is 0. The van der Waals surface area contributed by atoms with E-state index in [0.29, 0.717) is 17.6 Å². The first kappa shape index (κ1) is 9.76. The summed E-state index contributed by atoms with van der Waals surface area (Å²) in [7, 11) is 0. The molecule has 0 aromatic heterocycles. The Morgan fingerprint density at radius 1 is 1.42 bits per heavy atom. The van der Waals surface area contributed by atoms with Crippen molar-refractivity contribution < 1.29 is 4.79 Å². The van der Waals surface area contributed by atoms with Crippen molar-refractivity contribution in [2.75, 3.05) is 0 Å². The quantitative estimate of drug-likeness (QED) is 0.588. The molecule has 1 heteroatoms. The van der Waals surface area contributed by atoms with Crippen molar-refractivity contribution in [3.8, 4) is 0 Å². The minimum atomic E-state index is 0.266. The molecule has 1 aliphatic carbocycles. The van der Waals surface area contributed by atoms with E-state index in [1.165, 1.54) is 6.42 Å². The lowest BCUT2D eigenvalue weighted by molar-refractivity contribution is -0.129. The van der Waals surface area contributed by atoms with Crippen molar-refractivity contribution >= 4 is 5.78 Å². The van der Waals surface area contributed by atoms with Crippen LogP contribution in [-0.4, -0.2) is 5.78 Å². The van der Waals surface area contributed by atoms with Crippen molar-refractivity contribution in [2.24, 2.45) is 17.3 Å². The van der Waals surface area contributed by atoms with Crippen molar-refractivity contribution in [2.45, 2.75) is 47.0 Å². The predicted molar refractivity (Wildman–Crippen MR) is 51.0 cm³/mol. The Hall–Kier alpha value is -0.330. The maximum absolute atomic E-state index is 11.7. The highest BCUT2D eigenvalue weighted by molar-refractivity contribution is 5.82. The molecule has 1 aliphatic rings. The molecule has 1 rings (SSSR count). The highest BCUT2D eigenvalue weighted by atomic mass is 16.1. The van der Waals surface area contributed by atoms with Crippen LogP contribution in [-0.2, 0) is 4.79 Å². The highest BCUT2D eigenvalue weighted by Gasteiger charge is 2.34. The number of ketones is 1. The molecule has 0 heterocycles. The summed E-state index contributed by atoms with van der Waals surface area (Å²) in [5.41, 5.74) is 0.266. The van der Waals surface area contributed by atoms with Gasteiger partial charge in [-0.15, -0.1) is 0 Å². The summed E-state index contributed by atoms with van der Waals surface area (Å²) in [6, 6.07) is 0. The van der Waals surface area contributed by atoms with Gasteiger partial charge in [0.2, 0.25) is 0 Å². The Morgan fingerprint density at radius 3 is 2.42 bits per heavy atom. The van der Waals surface area contributed by atoms with Crippen molar-refractivity contribution in [1.29, 1.82) is 0 Å². The van der Waals surface area contributed by atoms with Gasteiger partial charge in [-0.05, 0) is 24.2 Å². The molecular weight excluding hydrogens is 148 g/mol. The zero-order chi connectivity index (χ0) is 9.35. The summed E-state index contributed by atoms with van der Waals surface area (Å²) in [6.07, 6.45) is 3.10. The molecule has 0 bridgehead atoms. The molecule has 0 N–H and O–H groups in total. The fourth-order valence-electron chi connectivity index (χ4n) is 2.10. The van der Waals surface area contributed by atoms with E-state index in [1.807, 2.05) is 0 Å². The lowest BCUT2D eigenvalue weighted by atomic mass is 9.69. The molecule has 0 aliphatic heterocycles. The monoisotopic (exact) mass is 168 g/mol. The van der Waals surface area contributed by atoms with Gasteiger partial charge in [0, 0.05) is 12.3 Å². The Morgan fingerprint density at radius 2 is 2.00 bits per heavy atom. The first-order chi connectivity index (χ1) is 5.42. The summed E-state index contributed by atoms with van der Waals surface area (Å²) in [5.74, 6) is 1.37. The predicted octanol–water partition coefficient (Wildman–Crippen LogP) is 3.04. The average Bonchev–Trinajstić information content (AvgIpc) is 1.83. The van der Waals surface area contributed by atoms with Gasteiger partial charge in [0.1, 0.15) is 5.78 Å². The molecule has 1 fully saturated rings. The van der Waals surface area contributed by atoms with Gasteiger partial charge in [0.05, 0.1) is 0 Å². The number of rotatable bonds is 1. The maximum Gasteiger partial charge on any atom is 0.136 e. The van der Waals surface area contributed by atoms with Crippen molar-refractivity contribution in [3.63, 3.8) is 0 Å². The fourth-order valence-corrected chi connectivity index (χ4v) is 2.10. The molecule has 0 amide bonds. The van der Waals surface area contributed by atoms with Crippen LogP contribution in [0.5, 0.6) is 0 Å². The second-order valence-electron chi connectivity index (χ2n) is 5.20. The Balaban J connectivity index is 2.60. The Bertz CT molecular complexity index is 179. The molecular formula is C11H20O. The third-order valence-electron chi connectivity index (χ3n) is 3.00. The smallest absolute Gasteiger partial charge is 0.136 e. The van der Waals surface area contributed by atoms with Crippen LogP contribution in [0.15, 0.2) is 0 Å². The van der Waals surface area contributed by atoms with Crippen LogP contribution in [0.2, 0.25) is 0 Å². The minimum absolute atomic E-state index is 0.266. The summed E-state index contributed by atoms with van der Waals surface area (Å²) < 4.78 is 0. The van der Waals surface area contributed by atoms with Gasteiger partial charge in [-0.3, -0.25) is 4.79 Å². The summed E-state index contributed by atoms with van der Waals surface area (Å²) in [6.45, 7) is 8.70. The second-order valence-corrected chi connectivity index (χ2v) is 5.20. The van der Waals surface area contributed by atoms with Gasteiger partial charge < -0.3 is 0 Å². The van der Waals surface area contributed by atoms with Crippen LogP contribution >= 0.6 is 0 Å². The normalized spacial score (nSPS) is 29.4. The highest BCUT2D eigenvalue weighted by Crippen LogP contribution is 2.38. The van der Waals surface area contributed by atoms with E-state index in [9.17, 15) is 4.79 Å². The first-order valence-corrected chi connectivity index (χ1v) is 4.95. The molecule has 0 radical (unpaired) electrons. The van der Waals surface area contributed by atoms with E-state index in [2.05, 4.69) is 27.7 Å². The lowest BCUT2D eigenvalue weighted by Crippen LogP contribution is -2.32. The molecule has 1 nitrogen and oxygen atoms in total. The van der Waals surface area contributed by atoms with Crippen LogP contribution in [0.3, 0.4) is 0 Å². The molecule has 0 aromatic rings. The van der Waals surface area contributed by atoms with E-state index in [4.69, 9.17) is 0 Å². The fraction of sp³-hybridized carbons (Fsp3) is 0.909. The van der Waals surface area contributed by atoms with Crippen LogP contribution in [0.1, 0.15) is 47.0 Å². The van der Waals surface area contributed by atoms with Gasteiger partial charge in [-0.1, -0.05) is 27.7 Å². The first-order valence-electron chi connectivity index (χ1n) is 4.95. The molecule has 0 aromatic carbocycles. The third-order valence-corrected chi connectivity index (χ3v) is 3.00. The Labute approximate surface area is 75.5 Å². The van der Waals surface area contributed by atoms with Gasteiger partial charge in [0.15, 0.2) is 0 Å². The number of hydrogen-bond donors (Lipinski definition) is 0. The van der Waals surface area contributed by atoms with Gasteiger partial charge in [-0.25, -0.2) is 0 Å². The van der Waals surface area contributed by atoms with E-state index in [-0.39, 0.29) is 5.41 Å². The minimum Gasteiger partial charge on any atom is -0.299 e. The molecule has 70 valence electrons. The number of carbonyl (C=O) groups is 1. The molecule has 1 atom stereocenters. The lowest BCUT2D eigenvalue weighted by Gasteiger charge is -2.34. The van der Waals surface area contributed by atoms with Crippen LogP contribution < -0.4 is 0 Å². The summed E-state index contributed by atoms with van der Waals surface area (Å²) in [4.78, 5) is 11.7. The SMILES string of the molecule is CC(C)C1CCC(C)(C)CC1=O. The largest absolute Gasteiger partial charge is 0.299 e. The molecule has 0 saturated heterocycles. The van der Waals surface area contributed by atoms with E-state index in [1.54, 1.807) is 0 Å². The number of Topliss-reactive ketones (excluding diaryl/α,β-unsaturated/α-hetero) is 1. The Kier molecular flexibility index (Phi) is 2.60. The maximum atomic E-state index is 11.7. The average molecular weight is 168 g/mol. The molecule has 12 heavy (non-hydrogen) atoms. The zero-order valence-electron chi connectivity index (χ0n) is 8.68. The zero-order valence-corrected chi connectivity index (χ0v) is 8.68. The van der Waals surface area contributed by atoms with Crippen molar-refractivity contribution in [3.05, 3.63) is 0 Å².